The summed E-state index contributed by atoms with van der Waals surface area (Å²) in [5.41, 5.74) is 4.56. The zero-order valence-corrected chi connectivity index (χ0v) is 16.0. The van der Waals surface area contributed by atoms with E-state index < -0.39 is 10.9 Å². The summed E-state index contributed by atoms with van der Waals surface area (Å²) >= 11 is 0. The van der Waals surface area contributed by atoms with Gasteiger partial charge in [0.1, 0.15) is 11.3 Å². The minimum atomic E-state index is -1.06. The number of carboxylic acid groups (broad SMARTS) is 1. The van der Waals surface area contributed by atoms with Crippen LogP contribution < -0.4 is 0 Å². The Morgan fingerprint density at radius 3 is 2.36 bits per heavy atom. The van der Waals surface area contributed by atoms with Gasteiger partial charge in [0.25, 0.3) is 5.69 Å². The summed E-state index contributed by atoms with van der Waals surface area (Å²) in [5, 5.41) is 25.4. The second-order valence-corrected chi connectivity index (χ2v) is 6.71. The third kappa shape index (κ3) is 3.51. The molecule has 3 rings (SSSR count). The van der Waals surface area contributed by atoms with Gasteiger partial charge in [0.05, 0.1) is 16.3 Å². The Kier molecular flexibility index (Phi) is 5.26. The summed E-state index contributed by atoms with van der Waals surface area (Å²) in [4.78, 5) is 22.5. The molecule has 0 saturated carbocycles. The number of benzene rings is 2. The maximum absolute atomic E-state index is 12.1. The van der Waals surface area contributed by atoms with E-state index in [2.05, 4.69) is 5.10 Å². The molecule has 0 aliphatic carbocycles. The summed E-state index contributed by atoms with van der Waals surface area (Å²) in [6.07, 6.45) is 1.31. The Balaban J connectivity index is 2.23. The lowest BCUT2D eigenvalue weighted by Crippen LogP contribution is -2.07. The quantitative estimate of drug-likeness (QED) is 0.494. The lowest BCUT2D eigenvalue weighted by molar-refractivity contribution is -0.384. The van der Waals surface area contributed by atoms with E-state index in [1.807, 2.05) is 39.0 Å². The predicted molar refractivity (Wildman–Crippen MR) is 106 cm³/mol. The van der Waals surface area contributed by atoms with Crippen molar-refractivity contribution in [2.24, 2.45) is 0 Å². The highest BCUT2D eigenvalue weighted by Gasteiger charge is 2.25. The Morgan fingerprint density at radius 1 is 1.14 bits per heavy atom. The molecule has 0 radical (unpaired) electrons. The topological polar surface area (TPSA) is 98.3 Å². The van der Waals surface area contributed by atoms with Crippen LogP contribution in [0.15, 0.2) is 42.5 Å². The summed E-state index contributed by atoms with van der Waals surface area (Å²) < 4.78 is 1.68. The molecule has 28 heavy (non-hydrogen) atoms. The fourth-order valence-electron chi connectivity index (χ4n) is 3.16. The van der Waals surface area contributed by atoms with Crippen molar-refractivity contribution in [3.8, 4) is 16.9 Å². The summed E-state index contributed by atoms with van der Waals surface area (Å²) in [6, 6.07) is 11.7. The molecule has 7 nitrogen and oxygen atoms in total. The highest BCUT2D eigenvalue weighted by Crippen LogP contribution is 2.30. The first-order valence-electron chi connectivity index (χ1n) is 9.01. The molecule has 2 aromatic carbocycles. The van der Waals surface area contributed by atoms with Crippen LogP contribution in [0.1, 0.15) is 40.5 Å². The van der Waals surface area contributed by atoms with Crippen LogP contribution in [0.2, 0.25) is 0 Å². The number of aromatic carboxylic acids is 1. The minimum Gasteiger partial charge on any atom is -0.478 e. The van der Waals surface area contributed by atoms with E-state index in [9.17, 15) is 20.0 Å². The molecule has 0 saturated heterocycles. The van der Waals surface area contributed by atoms with Gasteiger partial charge in [-0.25, -0.2) is 9.48 Å². The van der Waals surface area contributed by atoms with Gasteiger partial charge >= 0.3 is 5.97 Å². The molecule has 1 aromatic heterocycles. The number of nitrogens with zero attached hydrogens (tertiary/aromatic N) is 3. The maximum atomic E-state index is 12.1. The van der Waals surface area contributed by atoms with E-state index in [0.717, 1.165) is 23.2 Å². The molecule has 0 unspecified atom stereocenters. The molecule has 1 heterocycles. The molecule has 0 fully saturated rings. The number of non-ortho nitro benzene ring substituents is 1. The van der Waals surface area contributed by atoms with Crippen LogP contribution in [0.3, 0.4) is 0 Å². The van der Waals surface area contributed by atoms with Crippen molar-refractivity contribution < 1.29 is 14.8 Å². The highest BCUT2D eigenvalue weighted by atomic mass is 16.6. The van der Waals surface area contributed by atoms with Crippen molar-refractivity contribution >= 4 is 11.7 Å². The van der Waals surface area contributed by atoms with E-state index >= 15 is 0 Å². The molecule has 0 aliphatic rings. The van der Waals surface area contributed by atoms with Crippen LogP contribution in [0, 0.1) is 24.0 Å². The summed E-state index contributed by atoms with van der Waals surface area (Å²) in [6.45, 7) is 5.99. The molecule has 0 spiro atoms. The minimum absolute atomic E-state index is 0.0528. The molecule has 144 valence electrons. The van der Waals surface area contributed by atoms with E-state index in [4.69, 9.17) is 0 Å². The Bertz CT molecular complexity index is 1050. The van der Waals surface area contributed by atoms with Crippen molar-refractivity contribution in [2.75, 3.05) is 0 Å². The standard InChI is InChI=1S/C21H21N3O4/c1-4-5-18-19(21(25)26)20(15-7-10-16(11-8-15)24(27)28)22-23(18)17-9-6-13(2)14(3)12-17/h6-12H,4-5H2,1-3H3,(H,25,26). The number of hydrogen-bond acceptors (Lipinski definition) is 4. The number of rotatable bonds is 6. The number of carbonyl (C=O) groups is 1. The Morgan fingerprint density at radius 2 is 1.82 bits per heavy atom. The summed E-state index contributed by atoms with van der Waals surface area (Å²) in [7, 11) is 0. The normalized spacial score (nSPS) is 10.8. The second kappa shape index (κ2) is 7.64. The van der Waals surface area contributed by atoms with E-state index in [1.54, 1.807) is 4.68 Å². The van der Waals surface area contributed by atoms with Gasteiger partial charge in [-0.05, 0) is 55.7 Å². The number of aromatic nitrogens is 2. The average molecular weight is 379 g/mol. The third-order valence-electron chi connectivity index (χ3n) is 4.77. The van der Waals surface area contributed by atoms with Crippen molar-refractivity contribution in [2.45, 2.75) is 33.6 Å². The zero-order valence-electron chi connectivity index (χ0n) is 16.0. The third-order valence-corrected chi connectivity index (χ3v) is 4.77. The van der Waals surface area contributed by atoms with Gasteiger partial charge in [-0.2, -0.15) is 5.10 Å². The summed E-state index contributed by atoms with van der Waals surface area (Å²) in [5.74, 6) is -1.06. The van der Waals surface area contributed by atoms with Crippen LogP contribution in [0.25, 0.3) is 16.9 Å². The molecule has 3 aromatic rings. The van der Waals surface area contributed by atoms with E-state index in [0.29, 0.717) is 23.4 Å². The number of nitro groups is 1. The molecular formula is C21H21N3O4. The van der Waals surface area contributed by atoms with Crippen LogP contribution in [0.4, 0.5) is 5.69 Å². The largest absolute Gasteiger partial charge is 0.478 e. The van der Waals surface area contributed by atoms with Crippen molar-refractivity contribution in [1.29, 1.82) is 0 Å². The highest BCUT2D eigenvalue weighted by molar-refractivity contribution is 5.96. The second-order valence-electron chi connectivity index (χ2n) is 6.71. The fraction of sp³-hybridized carbons (Fsp3) is 0.238. The smallest absolute Gasteiger partial charge is 0.339 e. The fourth-order valence-corrected chi connectivity index (χ4v) is 3.16. The van der Waals surface area contributed by atoms with E-state index in [-0.39, 0.29) is 11.3 Å². The first kappa shape index (κ1) is 19.3. The van der Waals surface area contributed by atoms with E-state index in [1.165, 1.54) is 24.3 Å². The first-order valence-corrected chi connectivity index (χ1v) is 9.01. The average Bonchev–Trinajstić information content (AvgIpc) is 3.04. The van der Waals surface area contributed by atoms with Crippen molar-refractivity contribution in [3.05, 3.63) is 75.0 Å². The number of aryl methyl sites for hydroxylation is 2. The lowest BCUT2D eigenvalue weighted by Gasteiger charge is -2.09. The Hall–Kier alpha value is -3.48. The zero-order chi connectivity index (χ0) is 20.4. The van der Waals surface area contributed by atoms with Crippen LogP contribution in [0.5, 0.6) is 0 Å². The predicted octanol–water partition coefficient (Wildman–Crippen LogP) is 4.72. The van der Waals surface area contributed by atoms with Crippen LogP contribution in [-0.4, -0.2) is 25.8 Å². The van der Waals surface area contributed by atoms with Crippen LogP contribution >= 0.6 is 0 Å². The van der Waals surface area contributed by atoms with Gasteiger partial charge in [-0.3, -0.25) is 10.1 Å². The molecular weight excluding hydrogens is 358 g/mol. The molecule has 1 N–H and O–H groups in total. The molecule has 7 heteroatoms. The SMILES string of the molecule is CCCc1c(C(=O)O)c(-c2ccc([N+](=O)[O-])cc2)nn1-c1ccc(C)c(C)c1. The molecule has 0 amide bonds. The van der Waals surface area contributed by atoms with Gasteiger partial charge in [0.2, 0.25) is 0 Å². The van der Waals surface area contributed by atoms with Gasteiger partial charge in [-0.1, -0.05) is 19.4 Å². The monoisotopic (exact) mass is 379 g/mol. The van der Waals surface area contributed by atoms with Crippen LogP contribution in [-0.2, 0) is 6.42 Å². The Labute approximate surface area is 162 Å². The van der Waals surface area contributed by atoms with Crippen molar-refractivity contribution in [1.82, 2.24) is 9.78 Å². The lowest BCUT2D eigenvalue weighted by atomic mass is 10.0. The molecule has 0 bridgehead atoms. The molecule has 0 aliphatic heterocycles. The first-order chi connectivity index (χ1) is 13.3. The number of nitro benzene ring substituents is 1. The van der Waals surface area contributed by atoms with Crippen molar-refractivity contribution in [3.63, 3.8) is 0 Å². The van der Waals surface area contributed by atoms with Gasteiger partial charge in [0.15, 0.2) is 0 Å². The number of hydrogen-bond donors (Lipinski definition) is 1. The maximum Gasteiger partial charge on any atom is 0.339 e. The van der Waals surface area contributed by atoms with Gasteiger partial charge in [-0.15, -0.1) is 0 Å². The number of carboxylic acids is 1. The van der Waals surface area contributed by atoms with Gasteiger partial charge < -0.3 is 5.11 Å². The molecule has 0 atom stereocenters. The van der Waals surface area contributed by atoms with Gasteiger partial charge in [0, 0.05) is 17.7 Å².